The van der Waals surface area contributed by atoms with E-state index in [4.69, 9.17) is 5.32 Å². The predicted molar refractivity (Wildman–Crippen MR) is 142 cm³/mol. The summed E-state index contributed by atoms with van der Waals surface area (Å²) in [6, 6.07) is 11.5. The van der Waals surface area contributed by atoms with Gasteiger partial charge in [0.25, 0.3) is 0 Å². The Kier molecular flexibility index (Phi) is 8.68. The molecule has 2 aliphatic heterocycles. The number of benzene rings is 2. The van der Waals surface area contributed by atoms with E-state index in [9.17, 15) is 22.7 Å². The molecule has 37 heavy (non-hydrogen) atoms. The van der Waals surface area contributed by atoms with Gasteiger partial charge in [-0.15, -0.1) is 0 Å². The highest BCUT2D eigenvalue weighted by molar-refractivity contribution is 7.88. The van der Waals surface area contributed by atoms with E-state index in [1.165, 1.54) is 28.8 Å². The molecule has 2 aliphatic rings. The molecule has 4 atom stereocenters. The van der Waals surface area contributed by atoms with Gasteiger partial charge in [-0.2, -0.15) is 0 Å². The van der Waals surface area contributed by atoms with Crippen LogP contribution in [0.3, 0.4) is 0 Å². The molecule has 1 N–H and O–H groups in total. The molecule has 4 rings (SSSR count). The first-order valence-electron chi connectivity index (χ1n) is 12.9. The highest BCUT2D eigenvalue weighted by atomic mass is 32.2. The van der Waals surface area contributed by atoms with Crippen LogP contribution in [-0.2, 0) is 10.0 Å². The number of phenolic OH excluding ortho intramolecular Hbond substituents is 1. The van der Waals surface area contributed by atoms with E-state index in [-0.39, 0.29) is 35.2 Å². The summed E-state index contributed by atoms with van der Waals surface area (Å²) >= 11 is 0. The lowest BCUT2D eigenvalue weighted by Crippen LogP contribution is -2.55. The first kappa shape index (κ1) is 27.7. The van der Waals surface area contributed by atoms with E-state index in [0.717, 1.165) is 31.4 Å². The van der Waals surface area contributed by atoms with Crippen molar-refractivity contribution in [1.29, 1.82) is 0 Å². The van der Waals surface area contributed by atoms with Crippen molar-refractivity contribution in [2.24, 2.45) is 11.8 Å². The molecule has 0 saturated carbocycles. The van der Waals surface area contributed by atoms with Crippen LogP contribution >= 0.6 is 0 Å². The lowest BCUT2D eigenvalue weighted by Gasteiger charge is -2.47. The molecule has 0 spiro atoms. The van der Waals surface area contributed by atoms with Gasteiger partial charge >= 0.3 is 0 Å². The van der Waals surface area contributed by atoms with Gasteiger partial charge < -0.3 is 10.0 Å². The standard InChI is InChI=1S/C28H37FN3O4S/c1-19-22(10-7-11-25(19)29)27-23(26-12-4-5-13-30-26)17-32(15-14-31(2)37(3,35)36)18-24(27)28(34)20-8-6-9-21(33)16-20/h6-11,16,23-24,26-27,33H,4-5,12-15,17-18H2,1-3H3/t23-,24+,26?,27-/m1/s1. The molecule has 0 amide bonds. The van der Waals surface area contributed by atoms with Crippen LogP contribution in [-0.4, -0.2) is 80.6 Å². The lowest BCUT2D eigenvalue weighted by molar-refractivity contribution is 0.0525. The number of carbonyl (C=O) groups excluding carboxylic acids is 1. The van der Waals surface area contributed by atoms with Crippen LogP contribution in [0, 0.1) is 24.6 Å². The zero-order valence-corrected chi connectivity index (χ0v) is 22.6. The van der Waals surface area contributed by atoms with Gasteiger partial charge in [0, 0.05) is 63.2 Å². The molecular formula is C28H37FN3O4S. The van der Waals surface area contributed by atoms with Gasteiger partial charge in [0.05, 0.1) is 6.26 Å². The van der Waals surface area contributed by atoms with Crippen LogP contribution in [0.25, 0.3) is 0 Å². The van der Waals surface area contributed by atoms with Crippen LogP contribution in [0.2, 0.25) is 0 Å². The molecular weight excluding hydrogens is 493 g/mol. The van der Waals surface area contributed by atoms with Gasteiger partial charge in [-0.1, -0.05) is 30.7 Å². The fraction of sp³-hybridized carbons (Fsp3) is 0.536. The van der Waals surface area contributed by atoms with Crippen LogP contribution in [0.1, 0.15) is 46.7 Å². The third kappa shape index (κ3) is 6.39. The summed E-state index contributed by atoms with van der Waals surface area (Å²) in [7, 11) is -1.77. The smallest absolute Gasteiger partial charge is 0.210 e. The molecule has 2 fully saturated rings. The largest absolute Gasteiger partial charge is 0.508 e. The second-order valence-corrected chi connectivity index (χ2v) is 12.6. The summed E-state index contributed by atoms with van der Waals surface area (Å²) in [4.78, 5) is 16.2. The maximum atomic E-state index is 14.8. The monoisotopic (exact) mass is 530 g/mol. The molecule has 0 aromatic heterocycles. The van der Waals surface area contributed by atoms with E-state index in [1.807, 2.05) is 6.07 Å². The maximum absolute atomic E-state index is 14.8. The number of Topliss-reactive ketones (excluding diaryl/α,β-unsaturated/α-hetero) is 1. The van der Waals surface area contributed by atoms with Gasteiger partial charge in [0.1, 0.15) is 11.6 Å². The minimum Gasteiger partial charge on any atom is -0.508 e. The van der Waals surface area contributed by atoms with E-state index in [1.54, 1.807) is 32.2 Å². The average molecular weight is 531 g/mol. The Bertz CT molecular complexity index is 1220. The number of sulfonamides is 1. The fourth-order valence-corrected chi connectivity index (χ4v) is 6.30. The van der Waals surface area contributed by atoms with Crippen LogP contribution in [0.5, 0.6) is 5.75 Å². The van der Waals surface area contributed by atoms with Gasteiger partial charge in [0.2, 0.25) is 10.0 Å². The molecule has 1 radical (unpaired) electrons. The minimum atomic E-state index is -3.33. The molecule has 2 aromatic rings. The van der Waals surface area contributed by atoms with Gasteiger partial charge in [-0.05, 0) is 55.0 Å². The van der Waals surface area contributed by atoms with Gasteiger partial charge in [-0.3, -0.25) is 4.79 Å². The molecule has 9 heteroatoms. The molecule has 1 unspecified atom stereocenters. The second kappa shape index (κ2) is 11.6. The Hall–Kier alpha value is -2.33. The predicted octanol–water partition coefficient (Wildman–Crippen LogP) is 3.40. The Morgan fingerprint density at radius 2 is 1.95 bits per heavy atom. The number of likely N-dealkylation sites (tertiary alicyclic amines) is 1. The van der Waals surface area contributed by atoms with Crippen molar-refractivity contribution in [2.75, 3.05) is 46.0 Å². The molecule has 0 bridgehead atoms. The molecule has 2 saturated heterocycles. The first-order chi connectivity index (χ1) is 17.6. The van der Waals surface area contributed by atoms with Crippen LogP contribution < -0.4 is 5.32 Å². The van der Waals surface area contributed by atoms with Gasteiger partial charge in [-0.25, -0.2) is 22.4 Å². The summed E-state index contributed by atoms with van der Waals surface area (Å²) in [5, 5.41) is 15.0. The number of hydrogen-bond acceptors (Lipinski definition) is 5. The van der Waals surface area contributed by atoms with Crippen molar-refractivity contribution in [3.63, 3.8) is 0 Å². The maximum Gasteiger partial charge on any atom is 0.210 e. The third-order valence-electron chi connectivity index (χ3n) is 8.02. The number of phenols is 1. The Balaban J connectivity index is 1.75. The van der Waals surface area contributed by atoms with E-state index < -0.39 is 15.9 Å². The third-order valence-corrected chi connectivity index (χ3v) is 9.33. The number of nitrogens with zero attached hydrogens (tertiary/aromatic N) is 3. The summed E-state index contributed by atoms with van der Waals surface area (Å²) in [5.41, 5.74) is 1.79. The zero-order valence-electron chi connectivity index (χ0n) is 21.8. The number of piperidine rings is 2. The number of rotatable bonds is 8. The molecule has 0 aliphatic carbocycles. The highest BCUT2D eigenvalue weighted by Crippen LogP contribution is 2.44. The van der Waals surface area contributed by atoms with E-state index >= 15 is 0 Å². The van der Waals surface area contributed by atoms with Crippen LogP contribution in [0.4, 0.5) is 4.39 Å². The SMILES string of the molecule is Cc1c(F)cccc1[C@H]1[C@@H](C(=O)c2cccc(O)c2)CN(CCN(C)S(C)(=O)=O)C[C@@H]1C1CCCC[N]1. The number of aromatic hydroxyl groups is 1. The summed E-state index contributed by atoms with van der Waals surface area (Å²) < 4.78 is 40.1. The van der Waals surface area contributed by atoms with Gasteiger partial charge in [0.15, 0.2) is 5.78 Å². The quantitative estimate of drug-likeness (QED) is 0.528. The van der Waals surface area contributed by atoms with Crippen LogP contribution in [0.15, 0.2) is 42.5 Å². The van der Waals surface area contributed by atoms with Crippen molar-refractivity contribution >= 4 is 15.8 Å². The van der Waals surface area contributed by atoms with E-state index in [0.29, 0.717) is 37.3 Å². The number of halogens is 1. The van der Waals surface area contributed by atoms with Crippen molar-refractivity contribution in [2.45, 2.75) is 38.1 Å². The second-order valence-electron chi connectivity index (χ2n) is 10.5. The van der Waals surface area contributed by atoms with Crippen molar-refractivity contribution in [1.82, 2.24) is 14.5 Å². The summed E-state index contributed by atoms with van der Waals surface area (Å²) in [6.45, 7) is 4.39. The Morgan fingerprint density at radius 3 is 2.62 bits per heavy atom. The van der Waals surface area contributed by atoms with Crippen molar-refractivity contribution in [3.05, 3.63) is 65.0 Å². The molecule has 201 valence electrons. The number of likely N-dealkylation sites (N-methyl/N-ethyl adjacent to an activating group) is 1. The number of hydrogen-bond donors (Lipinski definition) is 1. The van der Waals surface area contributed by atoms with E-state index in [2.05, 4.69) is 4.90 Å². The zero-order chi connectivity index (χ0) is 26.7. The Morgan fingerprint density at radius 1 is 1.19 bits per heavy atom. The highest BCUT2D eigenvalue weighted by Gasteiger charge is 2.45. The molecule has 2 aromatic carbocycles. The fourth-order valence-electron chi connectivity index (χ4n) is 5.88. The minimum absolute atomic E-state index is 0.0191. The topological polar surface area (TPSA) is 92.0 Å². The molecule has 2 heterocycles. The number of ketones is 1. The Labute approximate surface area is 219 Å². The summed E-state index contributed by atoms with van der Waals surface area (Å²) in [6.07, 6.45) is 4.20. The normalized spacial score (nSPS) is 25.3. The lowest BCUT2D eigenvalue weighted by atomic mass is 9.66. The molecule has 7 nitrogen and oxygen atoms in total. The summed E-state index contributed by atoms with van der Waals surface area (Å²) in [5.74, 6) is -1.15. The van der Waals surface area contributed by atoms with Crippen molar-refractivity contribution in [3.8, 4) is 5.75 Å². The first-order valence-corrected chi connectivity index (χ1v) is 14.8. The average Bonchev–Trinajstić information content (AvgIpc) is 2.88. The number of carbonyl (C=O) groups is 1. The van der Waals surface area contributed by atoms with Crippen molar-refractivity contribution < 1.29 is 22.7 Å².